The second-order valence-electron chi connectivity index (χ2n) is 5.13. The highest BCUT2D eigenvalue weighted by Gasteiger charge is 2.20. The van der Waals surface area contributed by atoms with Crippen LogP contribution in [0.3, 0.4) is 0 Å². The molecule has 0 saturated carbocycles. The van der Waals surface area contributed by atoms with Crippen molar-refractivity contribution in [3.8, 4) is 0 Å². The van der Waals surface area contributed by atoms with E-state index in [4.69, 9.17) is 5.11 Å². The van der Waals surface area contributed by atoms with Crippen LogP contribution in [-0.4, -0.2) is 30.1 Å². The maximum absolute atomic E-state index is 12.1. The number of hydrogen-bond acceptors (Lipinski definition) is 3. The van der Waals surface area contributed by atoms with Crippen LogP contribution in [0, 0.1) is 5.92 Å². The molecule has 1 atom stereocenters. The molecule has 5 heteroatoms. The molecule has 0 radical (unpaired) electrons. The maximum atomic E-state index is 12.1. The quantitative estimate of drug-likeness (QED) is 0.764. The first-order valence-electron chi connectivity index (χ1n) is 6.97. The number of rotatable bonds is 5. The van der Waals surface area contributed by atoms with Gasteiger partial charge in [0.05, 0.1) is 5.92 Å². The highest BCUT2D eigenvalue weighted by atomic mass is 16.4. The van der Waals surface area contributed by atoms with Crippen molar-refractivity contribution in [3.63, 3.8) is 0 Å². The van der Waals surface area contributed by atoms with Gasteiger partial charge < -0.3 is 15.7 Å². The molecule has 1 aliphatic heterocycles. The molecule has 3 N–H and O–H groups in total. The number of amides is 1. The summed E-state index contributed by atoms with van der Waals surface area (Å²) in [5.41, 5.74) is 1.66. The summed E-state index contributed by atoms with van der Waals surface area (Å²) < 4.78 is 0. The summed E-state index contributed by atoms with van der Waals surface area (Å²) in [6.45, 7) is 1.71. The zero-order chi connectivity index (χ0) is 14.4. The Kier molecular flexibility index (Phi) is 5.12. The van der Waals surface area contributed by atoms with Crippen molar-refractivity contribution in [2.75, 3.05) is 18.4 Å². The van der Waals surface area contributed by atoms with Gasteiger partial charge in [0.25, 0.3) is 0 Å². The van der Waals surface area contributed by atoms with Crippen LogP contribution < -0.4 is 10.6 Å². The lowest BCUT2D eigenvalue weighted by molar-refractivity contribution is -0.137. The number of carboxylic acids is 1. The Hall–Kier alpha value is -1.88. The van der Waals surface area contributed by atoms with Gasteiger partial charge in [-0.05, 0) is 43.5 Å². The van der Waals surface area contributed by atoms with Crippen LogP contribution in [0.4, 0.5) is 5.69 Å². The van der Waals surface area contributed by atoms with Gasteiger partial charge in [0.2, 0.25) is 5.91 Å². The monoisotopic (exact) mass is 276 g/mol. The summed E-state index contributed by atoms with van der Waals surface area (Å²) >= 11 is 0. The number of piperidine rings is 1. The summed E-state index contributed by atoms with van der Waals surface area (Å²) in [6, 6.07) is 7.39. The predicted octanol–water partition coefficient (Wildman–Crippen LogP) is 1.64. The van der Waals surface area contributed by atoms with E-state index in [9.17, 15) is 9.59 Å². The van der Waals surface area contributed by atoms with Gasteiger partial charge in [-0.2, -0.15) is 0 Å². The van der Waals surface area contributed by atoms with Crippen molar-refractivity contribution in [2.24, 2.45) is 5.92 Å². The van der Waals surface area contributed by atoms with Gasteiger partial charge in [-0.1, -0.05) is 12.1 Å². The molecular weight excluding hydrogens is 256 g/mol. The lowest BCUT2D eigenvalue weighted by Gasteiger charge is -2.22. The first-order valence-corrected chi connectivity index (χ1v) is 6.97. The van der Waals surface area contributed by atoms with Gasteiger partial charge in [0.1, 0.15) is 0 Å². The molecule has 108 valence electrons. The fourth-order valence-electron chi connectivity index (χ4n) is 2.38. The Morgan fingerprint density at radius 2 is 2.25 bits per heavy atom. The number of carboxylic acid groups (broad SMARTS) is 1. The summed E-state index contributed by atoms with van der Waals surface area (Å²) in [4.78, 5) is 22.7. The van der Waals surface area contributed by atoms with Gasteiger partial charge in [0, 0.05) is 18.7 Å². The average molecular weight is 276 g/mol. The molecule has 0 bridgehead atoms. The van der Waals surface area contributed by atoms with E-state index in [2.05, 4.69) is 10.6 Å². The molecule has 1 fully saturated rings. The smallest absolute Gasteiger partial charge is 0.303 e. The molecule has 0 unspecified atom stereocenters. The molecule has 1 heterocycles. The minimum Gasteiger partial charge on any atom is -0.481 e. The van der Waals surface area contributed by atoms with E-state index < -0.39 is 5.97 Å². The van der Waals surface area contributed by atoms with E-state index in [0.717, 1.165) is 37.2 Å². The Bertz CT molecular complexity index is 482. The van der Waals surface area contributed by atoms with E-state index in [1.165, 1.54) is 0 Å². The van der Waals surface area contributed by atoms with Crippen LogP contribution in [0.15, 0.2) is 24.3 Å². The van der Waals surface area contributed by atoms with Crippen LogP contribution in [0.25, 0.3) is 0 Å². The van der Waals surface area contributed by atoms with E-state index in [-0.39, 0.29) is 18.2 Å². The molecule has 1 saturated heterocycles. The summed E-state index contributed by atoms with van der Waals surface area (Å²) in [6.07, 6.45) is 2.52. The Morgan fingerprint density at radius 3 is 2.95 bits per heavy atom. The van der Waals surface area contributed by atoms with Gasteiger partial charge in [0.15, 0.2) is 0 Å². The lowest BCUT2D eigenvalue weighted by atomic mass is 9.98. The minimum atomic E-state index is -0.812. The summed E-state index contributed by atoms with van der Waals surface area (Å²) in [5, 5.41) is 14.8. The van der Waals surface area contributed by atoms with Gasteiger partial charge >= 0.3 is 5.97 Å². The molecule has 1 amide bonds. The topological polar surface area (TPSA) is 78.4 Å². The molecule has 1 aromatic rings. The summed E-state index contributed by atoms with van der Waals surface area (Å²) in [5.74, 6) is -0.758. The van der Waals surface area contributed by atoms with Crippen LogP contribution >= 0.6 is 0 Å². The third-order valence-electron chi connectivity index (χ3n) is 3.49. The van der Waals surface area contributed by atoms with Crippen LogP contribution in [-0.2, 0) is 16.0 Å². The third-order valence-corrected chi connectivity index (χ3v) is 3.49. The molecule has 2 rings (SSSR count). The number of aryl methyl sites for hydroxylation is 1. The molecule has 1 aromatic carbocycles. The molecule has 0 spiro atoms. The molecule has 20 heavy (non-hydrogen) atoms. The predicted molar refractivity (Wildman–Crippen MR) is 76.6 cm³/mol. The summed E-state index contributed by atoms with van der Waals surface area (Å²) in [7, 11) is 0. The molecule has 0 aliphatic carbocycles. The van der Waals surface area contributed by atoms with Crippen molar-refractivity contribution >= 4 is 17.6 Å². The van der Waals surface area contributed by atoms with Crippen molar-refractivity contribution in [1.82, 2.24) is 5.32 Å². The minimum absolute atomic E-state index is 0.0198. The molecular formula is C15H20N2O3. The number of carbonyl (C=O) groups excluding carboxylic acids is 1. The number of benzene rings is 1. The fraction of sp³-hybridized carbons (Fsp3) is 0.467. The van der Waals surface area contributed by atoms with Crippen molar-refractivity contribution < 1.29 is 14.7 Å². The Labute approximate surface area is 118 Å². The maximum Gasteiger partial charge on any atom is 0.303 e. The second kappa shape index (κ2) is 7.05. The van der Waals surface area contributed by atoms with Crippen LogP contribution in [0.2, 0.25) is 0 Å². The lowest BCUT2D eigenvalue weighted by Crippen LogP contribution is -2.37. The number of nitrogens with one attached hydrogen (secondary N) is 2. The van der Waals surface area contributed by atoms with E-state index in [1.54, 1.807) is 0 Å². The third kappa shape index (κ3) is 4.35. The van der Waals surface area contributed by atoms with Crippen molar-refractivity contribution in [3.05, 3.63) is 29.8 Å². The molecule has 0 aromatic heterocycles. The molecule has 5 nitrogen and oxygen atoms in total. The first-order chi connectivity index (χ1) is 9.65. The van der Waals surface area contributed by atoms with E-state index in [1.807, 2.05) is 24.3 Å². The van der Waals surface area contributed by atoms with E-state index >= 15 is 0 Å². The highest BCUT2D eigenvalue weighted by Crippen LogP contribution is 2.16. The number of aliphatic carboxylic acids is 1. The van der Waals surface area contributed by atoms with E-state index in [0.29, 0.717) is 6.42 Å². The van der Waals surface area contributed by atoms with Crippen LogP contribution in [0.1, 0.15) is 24.8 Å². The van der Waals surface area contributed by atoms with Gasteiger partial charge in [-0.15, -0.1) is 0 Å². The highest BCUT2D eigenvalue weighted by molar-refractivity contribution is 5.92. The zero-order valence-electron chi connectivity index (χ0n) is 11.4. The Morgan fingerprint density at radius 1 is 1.40 bits per heavy atom. The van der Waals surface area contributed by atoms with Gasteiger partial charge in [-0.25, -0.2) is 0 Å². The first kappa shape index (κ1) is 14.5. The average Bonchev–Trinajstić information content (AvgIpc) is 2.46. The molecule has 1 aliphatic rings. The largest absolute Gasteiger partial charge is 0.481 e. The SMILES string of the molecule is O=C(O)CCc1cccc(NC(=O)[C@H]2CCCNC2)c1. The fourth-order valence-corrected chi connectivity index (χ4v) is 2.38. The second-order valence-corrected chi connectivity index (χ2v) is 5.13. The zero-order valence-corrected chi connectivity index (χ0v) is 11.4. The van der Waals surface area contributed by atoms with Crippen molar-refractivity contribution in [2.45, 2.75) is 25.7 Å². The van der Waals surface area contributed by atoms with Gasteiger partial charge in [-0.3, -0.25) is 9.59 Å². The number of hydrogen-bond donors (Lipinski definition) is 3. The standard InChI is InChI=1S/C15H20N2O3/c18-14(19)7-6-11-3-1-5-13(9-11)17-15(20)12-4-2-8-16-10-12/h1,3,5,9,12,16H,2,4,6-8,10H2,(H,17,20)(H,18,19)/t12-/m0/s1. The van der Waals surface area contributed by atoms with Crippen molar-refractivity contribution in [1.29, 1.82) is 0 Å². The number of anilines is 1. The Balaban J connectivity index is 1.93. The number of carbonyl (C=O) groups is 2. The van der Waals surface area contributed by atoms with Crippen LogP contribution in [0.5, 0.6) is 0 Å². The normalized spacial score (nSPS) is 18.5.